The molecule has 0 amide bonds. The average molecular weight is 411 g/mol. The van der Waals surface area contributed by atoms with Gasteiger partial charge in [0.1, 0.15) is 13.2 Å². The average Bonchev–Trinajstić information content (AvgIpc) is 3.19. The van der Waals surface area contributed by atoms with E-state index in [1.807, 2.05) is 0 Å². The van der Waals surface area contributed by atoms with Crippen molar-refractivity contribution in [1.82, 2.24) is 0 Å². The maximum absolute atomic E-state index is 10.3. The van der Waals surface area contributed by atoms with Crippen LogP contribution in [0.3, 0.4) is 0 Å². The van der Waals surface area contributed by atoms with E-state index >= 15 is 0 Å². The van der Waals surface area contributed by atoms with Crippen LogP contribution < -0.4 is 14.2 Å². The van der Waals surface area contributed by atoms with Gasteiger partial charge in [0.15, 0.2) is 11.5 Å². The topological polar surface area (TPSA) is 47.9 Å². The molecule has 1 unspecified atom stereocenters. The van der Waals surface area contributed by atoms with Crippen molar-refractivity contribution < 1.29 is 19.3 Å². The number of hydrogen-bond donors (Lipinski definition) is 1. The minimum absolute atomic E-state index is 0.159. The van der Waals surface area contributed by atoms with Crippen LogP contribution in [0.4, 0.5) is 0 Å². The number of ether oxygens (including phenoxy) is 3. The van der Waals surface area contributed by atoms with Crippen molar-refractivity contribution >= 4 is 0 Å². The van der Waals surface area contributed by atoms with Crippen molar-refractivity contribution in [2.45, 2.75) is 58.3 Å². The van der Waals surface area contributed by atoms with E-state index in [0.717, 1.165) is 36.5 Å². The lowest BCUT2D eigenvalue weighted by molar-refractivity contribution is -0.0459. The number of aryl methyl sites for hydroxylation is 1. The summed E-state index contributed by atoms with van der Waals surface area (Å²) in [4.78, 5) is 0. The van der Waals surface area contributed by atoms with Gasteiger partial charge < -0.3 is 19.3 Å². The lowest BCUT2D eigenvalue weighted by atomic mass is 9.46. The molecule has 1 aromatic rings. The minimum atomic E-state index is 0.159. The highest BCUT2D eigenvalue weighted by Crippen LogP contribution is 2.80. The summed E-state index contributed by atoms with van der Waals surface area (Å²) >= 11 is 0. The van der Waals surface area contributed by atoms with Crippen molar-refractivity contribution in [2.24, 2.45) is 28.1 Å². The third-order valence-electron chi connectivity index (χ3n) is 10.2. The third-order valence-corrected chi connectivity index (χ3v) is 10.2. The van der Waals surface area contributed by atoms with Gasteiger partial charge >= 0.3 is 0 Å². The fourth-order valence-electron chi connectivity index (χ4n) is 8.88. The molecule has 4 heteroatoms. The Morgan fingerprint density at radius 1 is 1.17 bits per heavy atom. The van der Waals surface area contributed by atoms with Crippen LogP contribution in [0.1, 0.15) is 63.0 Å². The van der Waals surface area contributed by atoms with Gasteiger partial charge in [-0.3, -0.25) is 0 Å². The van der Waals surface area contributed by atoms with E-state index in [0.29, 0.717) is 37.6 Å². The van der Waals surface area contributed by atoms with Crippen LogP contribution in [0.15, 0.2) is 18.2 Å². The van der Waals surface area contributed by atoms with Crippen LogP contribution in [-0.2, 0) is 6.42 Å². The van der Waals surface area contributed by atoms with E-state index in [-0.39, 0.29) is 16.2 Å². The molecule has 162 valence electrons. The number of aliphatic hydroxyl groups excluding tert-OH is 1. The van der Waals surface area contributed by atoms with Crippen LogP contribution in [-0.4, -0.2) is 32.0 Å². The molecule has 1 heterocycles. The van der Waals surface area contributed by atoms with Crippen molar-refractivity contribution in [3.63, 3.8) is 0 Å². The summed E-state index contributed by atoms with van der Waals surface area (Å²) in [7, 11) is 1.72. The molecule has 1 N–H and O–H groups in total. The number of allylic oxidation sites excluding steroid dienone is 2. The Hall–Kier alpha value is -1.68. The molecule has 6 atom stereocenters. The van der Waals surface area contributed by atoms with Crippen molar-refractivity contribution in [3.05, 3.63) is 29.3 Å². The quantitative estimate of drug-likeness (QED) is 0.722. The van der Waals surface area contributed by atoms with Crippen molar-refractivity contribution in [1.29, 1.82) is 0 Å². The highest BCUT2D eigenvalue weighted by Gasteiger charge is 2.73. The summed E-state index contributed by atoms with van der Waals surface area (Å²) in [6, 6.07) is 2.20. The first-order chi connectivity index (χ1) is 14.5. The van der Waals surface area contributed by atoms with E-state index in [1.165, 1.54) is 30.4 Å². The first-order valence-electron chi connectivity index (χ1n) is 11.9. The maximum Gasteiger partial charge on any atom is 0.204 e. The van der Waals surface area contributed by atoms with E-state index in [9.17, 15) is 5.11 Å². The second kappa shape index (κ2) is 6.18. The Morgan fingerprint density at radius 2 is 1.97 bits per heavy atom. The summed E-state index contributed by atoms with van der Waals surface area (Å²) < 4.78 is 17.9. The van der Waals surface area contributed by atoms with Crippen LogP contribution in [0.25, 0.3) is 0 Å². The van der Waals surface area contributed by atoms with E-state index < -0.39 is 0 Å². The van der Waals surface area contributed by atoms with Crippen molar-refractivity contribution in [2.75, 3.05) is 26.9 Å². The fraction of sp³-hybridized carbons (Fsp3) is 0.692. The van der Waals surface area contributed by atoms with Crippen LogP contribution in [0, 0.1) is 28.1 Å². The fourth-order valence-corrected chi connectivity index (χ4v) is 8.88. The zero-order valence-corrected chi connectivity index (χ0v) is 18.5. The first-order valence-corrected chi connectivity index (χ1v) is 11.9. The Kier molecular flexibility index (Phi) is 3.92. The molecule has 0 spiro atoms. The monoisotopic (exact) mass is 410 g/mol. The van der Waals surface area contributed by atoms with Gasteiger partial charge in [-0.1, -0.05) is 26.0 Å². The maximum atomic E-state index is 10.3. The van der Waals surface area contributed by atoms with E-state index in [1.54, 1.807) is 7.11 Å². The Balaban J connectivity index is 1.49. The largest absolute Gasteiger partial charge is 0.493 e. The Morgan fingerprint density at radius 3 is 2.70 bits per heavy atom. The molecule has 6 rings (SSSR count). The van der Waals surface area contributed by atoms with Gasteiger partial charge in [0.2, 0.25) is 5.75 Å². The zero-order valence-electron chi connectivity index (χ0n) is 18.5. The van der Waals surface area contributed by atoms with Gasteiger partial charge in [-0.2, -0.15) is 0 Å². The lowest BCUT2D eigenvalue weighted by Gasteiger charge is -2.57. The van der Waals surface area contributed by atoms with E-state index in [4.69, 9.17) is 14.2 Å². The molecule has 0 radical (unpaired) electrons. The van der Waals surface area contributed by atoms with Crippen molar-refractivity contribution in [3.8, 4) is 17.2 Å². The Bertz CT molecular complexity index is 922. The molecule has 0 aromatic heterocycles. The number of fused-ring (bicyclic) bond motifs is 5. The minimum Gasteiger partial charge on any atom is -0.493 e. The SMILES string of the molecule is CC[C@@]12C=CC3(C[C@H]1CO)[C@@H]1CCc4cc(OC)c5c(c4[C@H]1CC[C@@]32C)OCCO5. The standard InChI is InChI=1S/C26H34O4/c1-4-25-9-10-26(14-17(25)15-27)19-6-5-16-13-20(28-3)22-23(30-12-11-29-22)21(16)18(19)7-8-24(25,26)2/h9-10,13,17-19,27H,4-8,11-12,14-15H2,1-3H3/t17-,18-,19+,24+,25+,26?/m0/s1. The van der Waals surface area contributed by atoms with Gasteiger partial charge in [-0.25, -0.2) is 0 Å². The molecule has 1 aromatic carbocycles. The van der Waals surface area contributed by atoms with Crippen LogP contribution in [0.5, 0.6) is 17.2 Å². The smallest absolute Gasteiger partial charge is 0.204 e. The number of methoxy groups -OCH3 is 1. The molecule has 4 aliphatic carbocycles. The first kappa shape index (κ1) is 19.0. The normalized spacial score (nSPS) is 42.5. The predicted octanol–water partition coefficient (Wildman–Crippen LogP) is 4.88. The molecule has 1 aliphatic heterocycles. The second-order valence-electron chi connectivity index (χ2n) is 10.5. The zero-order chi connectivity index (χ0) is 20.7. The number of rotatable bonds is 3. The second-order valence-corrected chi connectivity index (χ2v) is 10.5. The molecule has 0 saturated heterocycles. The molecular formula is C26H34O4. The molecule has 30 heavy (non-hydrogen) atoms. The molecule has 2 bridgehead atoms. The molecule has 2 fully saturated rings. The van der Waals surface area contributed by atoms with Gasteiger partial charge in [-0.15, -0.1) is 0 Å². The van der Waals surface area contributed by atoms with E-state index in [2.05, 4.69) is 32.1 Å². The number of hydrogen-bond acceptors (Lipinski definition) is 4. The summed E-state index contributed by atoms with van der Waals surface area (Å²) in [6.07, 6.45) is 12.1. The molecule has 4 nitrogen and oxygen atoms in total. The molecular weight excluding hydrogens is 376 g/mol. The summed E-state index contributed by atoms with van der Waals surface area (Å²) in [5, 5.41) is 10.3. The molecule has 2 saturated carbocycles. The lowest BCUT2D eigenvalue weighted by Crippen LogP contribution is -2.50. The van der Waals surface area contributed by atoms with Gasteiger partial charge in [0.05, 0.1) is 7.11 Å². The highest BCUT2D eigenvalue weighted by molar-refractivity contribution is 5.62. The number of benzene rings is 1. The summed E-state index contributed by atoms with van der Waals surface area (Å²) in [5.41, 5.74) is 3.39. The highest BCUT2D eigenvalue weighted by atomic mass is 16.6. The summed E-state index contributed by atoms with van der Waals surface area (Å²) in [5.74, 6) is 4.06. The van der Waals surface area contributed by atoms with Gasteiger partial charge in [0, 0.05) is 12.2 Å². The van der Waals surface area contributed by atoms with Crippen LogP contribution >= 0.6 is 0 Å². The van der Waals surface area contributed by atoms with Crippen LogP contribution in [0.2, 0.25) is 0 Å². The van der Waals surface area contributed by atoms with Gasteiger partial charge in [-0.05, 0) is 84.2 Å². The Labute approximate surface area is 179 Å². The summed E-state index contributed by atoms with van der Waals surface area (Å²) in [6.45, 7) is 6.38. The predicted molar refractivity (Wildman–Crippen MR) is 115 cm³/mol. The van der Waals surface area contributed by atoms with Gasteiger partial charge in [0.25, 0.3) is 0 Å². The number of aliphatic hydroxyl groups is 1. The molecule has 5 aliphatic rings. The third kappa shape index (κ3) is 1.94.